The molecule has 0 spiro atoms. The minimum absolute atomic E-state index is 0.504. The number of hydrogen-bond acceptors (Lipinski definition) is 1. The first-order valence-electron chi connectivity index (χ1n) is 27.1. The van der Waals surface area contributed by atoms with E-state index >= 15 is 0 Å². The predicted molar refractivity (Wildman–Crippen MR) is 274 cm³/mol. The summed E-state index contributed by atoms with van der Waals surface area (Å²) in [6.45, 7) is 35.1. The maximum Gasteiger partial charge on any atom is 0.182 e. The van der Waals surface area contributed by atoms with Gasteiger partial charge in [-0.2, -0.15) is 0 Å². The molecule has 0 amide bonds. The molecule has 1 heterocycles. The molecule has 16 atom stereocenters. The Labute approximate surface area is 389 Å². The van der Waals surface area contributed by atoms with Crippen molar-refractivity contribution < 1.29 is 4.74 Å². The van der Waals surface area contributed by atoms with Crippen LogP contribution in [0.1, 0.15) is 140 Å². The zero-order valence-corrected chi connectivity index (χ0v) is 42.2. The smallest absolute Gasteiger partial charge is 0.182 e. The van der Waals surface area contributed by atoms with Gasteiger partial charge in [0.25, 0.3) is 0 Å². The molecule has 4 aromatic carbocycles. The summed E-state index contributed by atoms with van der Waals surface area (Å²) in [4.78, 5) is 0. The van der Waals surface area contributed by atoms with E-state index in [1.807, 2.05) is 0 Å². The van der Waals surface area contributed by atoms with E-state index in [4.69, 9.17) is 4.74 Å². The van der Waals surface area contributed by atoms with E-state index < -0.39 is 0 Å². The summed E-state index contributed by atoms with van der Waals surface area (Å²) in [5, 5.41) is 5.62. The van der Waals surface area contributed by atoms with Crippen molar-refractivity contribution in [3.63, 3.8) is 0 Å². The number of benzene rings is 4. The third-order valence-electron chi connectivity index (χ3n) is 25.2. The number of hydrogen-bond donors (Lipinski definition) is 0. The van der Waals surface area contributed by atoms with Crippen LogP contribution in [0.3, 0.4) is 0 Å². The molecule has 12 fully saturated rings. The first-order valence-corrected chi connectivity index (χ1v) is 27.1. The van der Waals surface area contributed by atoms with Crippen LogP contribution in [0.2, 0.25) is 23.3 Å². The number of rotatable bonds is 6. The van der Waals surface area contributed by atoms with Crippen molar-refractivity contribution in [2.45, 2.75) is 165 Å². The lowest BCUT2D eigenvalue weighted by molar-refractivity contribution is -0.107. The van der Waals surface area contributed by atoms with E-state index in [2.05, 4.69) is 145 Å². The predicted octanol–water partition coefficient (Wildman–Crippen LogP) is 15.8. The Morgan fingerprint density at radius 1 is 0.453 bits per heavy atom. The van der Waals surface area contributed by atoms with E-state index in [1.165, 1.54) is 89.6 Å². The molecule has 0 saturated heterocycles. The molecule has 13 aliphatic rings. The number of fused-ring (bicyclic) bond motifs is 12. The second-order valence-electron chi connectivity index (χ2n) is 27.9. The molecule has 336 valence electrons. The van der Waals surface area contributed by atoms with Crippen molar-refractivity contribution in [1.82, 2.24) is 0 Å². The van der Waals surface area contributed by atoms with Crippen molar-refractivity contribution in [1.29, 1.82) is 0 Å². The van der Waals surface area contributed by atoms with Gasteiger partial charge in [0.2, 0.25) is 0 Å². The molecule has 64 heavy (non-hydrogen) atoms. The van der Waals surface area contributed by atoms with Crippen molar-refractivity contribution in [2.75, 3.05) is 0 Å². The molecule has 12 aliphatic carbocycles. The molecule has 1 nitrogen and oxygen atoms in total. The van der Waals surface area contributed by atoms with Crippen LogP contribution < -0.4 is 15.7 Å². The van der Waals surface area contributed by atoms with Crippen LogP contribution in [-0.4, -0.2) is 13.4 Å². The number of ether oxygens (including phenoxy) is 1. The number of aryl methyl sites for hydroxylation is 1. The molecule has 16 unspecified atom stereocenters. The Kier molecular flexibility index (Phi) is 8.63. The Morgan fingerprint density at radius 2 is 0.875 bits per heavy atom. The van der Waals surface area contributed by atoms with Crippen LogP contribution in [0.15, 0.2) is 54.6 Å². The average Bonchev–Trinajstić information content (AvgIpc) is 3.26. The Hall–Kier alpha value is -2.67. The summed E-state index contributed by atoms with van der Waals surface area (Å²) in [6.07, 6.45) is 11.5. The van der Waals surface area contributed by atoms with Gasteiger partial charge in [0.15, 0.2) is 13.4 Å². The highest BCUT2D eigenvalue weighted by atomic mass is 16.5. The topological polar surface area (TPSA) is 9.23 Å². The lowest BCUT2D eigenvalue weighted by atomic mass is 9.19. The van der Waals surface area contributed by atoms with Gasteiger partial charge < -0.3 is 4.74 Å². The summed E-state index contributed by atoms with van der Waals surface area (Å²) in [5.74, 6) is 15.3. The average molecular weight is 851 g/mol. The molecular weight excluding hydrogens is 770 g/mol. The summed E-state index contributed by atoms with van der Waals surface area (Å²) in [6, 6.07) is 22.7. The fraction of sp³-hybridized carbons (Fsp3) is 0.672. The monoisotopic (exact) mass is 851 g/mol. The molecule has 0 radical (unpaired) electrons. The molecule has 1 aliphatic heterocycles. The van der Waals surface area contributed by atoms with Crippen LogP contribution in [0.25, 0.3) is 32.7 Å². The van der Waals surface area contributed by atoms with Crippen molar-refractivity contribution in [3.05, 3.63) is 60.2 Å². The second kappa shape index (κ2) is 13.3. The summed E-state index contributed by atoms with van der Waals surface area (Å²) in [5.41, 5.74) is 9.40. The van der Waals surface area contributed by atoms with Crippen LogP contribution >= 0.6 is 0 Å². The Morgan fingerprint density at radius 3 is 1.30 bits per heavy atom. The summed E-state index contributed by atoms with van der Waals surface area (Å²) >= 11 is 0. The largest absolute Gasteiger partial charge is 0.456 e. The van der Waals surface area contributed by atoms with E-state index in [9.17, 15) is 0 Å². The fourth-order valence-electron chi connectivity index (χ4n) is 20.5. The molecule has 12 saturated carbocycles. The molecule has 4 aromatic rings. The fourth-order valence-corrected chi connectivity index (χ4v) is 20.5. The third kappa shape index (κ3) is 5.18. The van der Waals surface area contributed by atoms with E-state index in [0.29, 0.717) is 35.1 Å². The SMILES string of the molecule is Cc1c2c3c(cccc3c3cc(B(C4CC5CC(C4C)C5(C)C)C4CC5CC(C4C)C5(C)C)ccc13)Oc1cc(B(C3CC4CC(C3C)C4(C)C)C3CC4CC(C3C)C4(C)C)ccc1-2. The van der Waals surface area contributed by atoms with Crippen molar-refractivity contribution in [2.24, 2.45) is 92.7 Å². The van der Waals surface area contributed by atoms with Gasteiger partial charge in [0.05, 0.1) is 0 Å². The van der Waals surface area contributed by atoms with Gasteiger partial charge in [-0.05, 0) is 159 Å². The summed E-state index contributed by atoms with van der Waals surface area (Å²) in [7, 11) is 0. The Balaban J connectivity index is 0.908. The van der Waals surface area contributed by atoms with Crippen LogP contribution in [0.4, 0.5) is 0 Å². The van der Waals surface area contributed by atoms with Gasteiger partial charge in [-0.15, -0.1) is 0 Å². The van der Waals surface area contributed by atoms with Crippen molar-refractivity contribution >= 4 is 45.9 Å². The molecule has 3 heteroatoms. The third-order valence-corrected chi connectivity index (χ3v) is 25.2. The standard InChI is InChI=1S/C61H80B2O/c1-31-42-19-17-40(62(50-25-36-21-46(32(50)2)58(36,6)7)51-26-37-22-47(33(51)3)59(37,8)9)29-45(42)43-15-14-16-54-57(43)56(31)44-20-18-41(30-55(44)64-54)63(52-27-38-23-48(34(52)4)60(38,10)11)53-28-39-24-49(35(53)5)61(39,12)13/h14-20,29-30,32-39,46-53H,21-28H2,1-13H3. The van der Waals surface area contributed by atoms with Crippen molar-refractivity contribution in [3.8, 4) is 22.6 Å². The van der Waals surface area contributed by atoms with Crippen LogP contribution in [0, 0.1) is 99.6 Å². The Bertz CT molecular complexity index is 2530. The lowest BCUT2D eigenvalue weighted by Crippen LogP contribution is -2.61. The molecule has 17 rings (SSSR count). The maximum atomic E-state index is 7.27. The zero-order valence-electron chi connectivity index (χ0n) is 42.2. The normalized spacial score (nSPS) is 41.6. The van der Waals surface area contributed by atoms with E-state index in [-0.39, 0.29) is 0 Å². The van der Waals surface area contributed by atoms with Crippen LogP contribution in [0.5, 0.6) is 11.5 Å². The zero-order chi connectivity index (χ0) is 44.5. The minimum atomic E-state index is 0.504. The molecule has 8 bridgehead atoms. The highest BCUT2D eigenvalue weighted by Crippen LogP contribution is 2.71. The molecule has 0 N–H and O–H groups in total. The van der Waals surface area contributed by atoms with Gasteiger partial charge in [-0.1, -0.05) is 185 Å². The first-order chi connectivity index (χ1) is 30.3. The van der Waals surface area contributed by atoms with Gasteiger partial charge in [0.1, 0.15) is 11.5 Å². The van der Waals surface area contributed by atoms with Gasteiger partial charge in [0, 0.05) is 16.5 Å². The minimum Gasteiger partial charge on any atom is -0.456 e. The van der Waals surface area contributed by atoms with Gasteiger partial charge in [-0.3, -0.25) is 0 Å². The summed E-state index contributed by atoms with van der Waals surface area (Å²) < 4.78 is 7.27. The maximum absolute atomic E-state index is 7.27. The van der Waals surface area contributed by atoms with E-state index in [0.717, 1.165) is 106 Å². The molecular formula is C61H80B2O. The highest BCUT2D eigenvalue weighted by molar-refractivity contribution is 6.77. The quantitative estimate of drug-likeness (QED) is 0.122. The lowest BCUT2D eigenvalue weighted by Gasteiger charge is -2.66. The van der Waals surface area contributed by atoms with E-state index in [1.54, 1.807) is 10.9 Å². The highest BCUT2D eigenvalue weighted by Gasteiger charge is 2.64. The first kappa shape index (κ1) is 41.5. The van der Waals surface area contributed by atoms with Gasteiger partial charge >= 0.3 is 0 Å². The van der Waals surface area contributed by atoms with Crippen LogP contribution in [-0.2, 0) is 0 Å². The van der Waals surface area contributed by atoms with Gasteiger partial charge in [-0.25, -0.2) is 0 Å². The molecule has 0 aromatic heterocycles. The second-order valence-corrected chi connectivity index (χ2v) is 27.9.